The molecule has 0 aliphatic carbocycles. The number of carbonyl (C=O) groups excluding carboxylic acids is 10. The molecule has 0 saturated carbocycles. The molecule has 480 valence electrons. The van der Waals surface area contributed by atoms with Crippen LogP contribution in [0.3, 0.4) is 0 Å². The van der Waals surface area contributed by atoms with Gasteiger partial charge in [-0.05, 0) is 66.3 Å². The van der Waals surface area contributed by atoms with Gasteiger partial charge in [0.05, 0.1) is 31.6 Å². The maximum atomic E-state index is 14.6. The summed E-state index contributed by atoms with van der Waals surface area (Å²) >= 11 is 0. The highest BCUT2D eigenvalue weighted by atomic mass is 16.4. The van der Waals surface area contributed by atoms with Gasteiger partial charge in [0, 0.05) is 25.7 Å². The van der Waals surface area contributed by atoms with E-state index in [2.05, 4.69) is 47.9 Å². The molecule has 4 aromatic carbocycles. The van der Waals surface area contributed by atoms with Crippen molar-refractivity contribution >= 4 is 71.0 Å². The van der Waals surface area contributed by atoms with Crippen LogP contribution in [0.5, 0.6) is 11.5 Å². The van der Waals surface area contributed by atoms with Crippen molar-refractivity contribution in [2.75, 3.05) is 6.54 Å². The number of hydrogen-bond donors (Lipinski definition) is 17. The number of carboxylic acid groups (broad SMARTS) is 2. The van der Waals surface area contributed by atoms with Crippen molar-refractivity contribution < 1.29 is 88.2 Å². The Morgan fingerprint density at radius 2 is 0.719 bits per heavy atom. The third-order valence-electron chi connectivity index (χ3n) is 14.0. The van der Waals surface area contributed by atoms with E-state index in [4.69, 9.17) is 11.5 Å². The Balaban J connectivity index is 1.64. The van der Waals surface area contributed by atoms with Gasteiger partial charge in [0.15, 0.2) is 0 Å². The molecule has 0 radical (unpaired) electrons. The summed E-state index contributed by atoms with van der Waals surface area (Å²) in [6.45, 7) is 4.94. The van der Waals surface area contributed by atoms with Crippen LogP contribution in [0.2, 0.25) is 0 Å². The minimum Gasteiger partial charge on any atom is -0.508 e. The summed E-state index contributed by atoms with van der Waals surface area (Å²) in [5.41, 5.74) is 12.4. The average Bonchev–Trinajstić information content (AvgIpc) is 2.10. The second-order valence-electron chi connectivity index (χ2n) is 21.2. The maximum Gasteiger partial charge on any atom is 0.326 e. The van der Waals surface area contributed by atoms with E-state index in [-0.39, 0.29) is 43.6 Å². The smallest absolute Gasteiger partial charge is 0.326 e. The van der Waals surface area contributed by atoms with Gasteiger partial charge in [-0.25, -0.2) is 4.79 Å². The second kappa shape index (κ2) is 35.0. The van der Waals surface area contributed by atoms with Crippen LogP contribution in [0.4, 0.5) is 0 Å². The molecule has 0 aliphatic heterocycles. The summed E-state index contributed by atoms with van der Waals surface area (Å²) in [5, 5.41) is 82.9. The summed E-state index contributed by atoms with van der Waals surface area (Å²) in [7, 11) is 0. The lowest BCUT2D eigenvalue weighted by Gasteiger charge is -2.29. The highest BCUT2D eigenvalue weighted by Gasteiger charge is 2.39. The Morgan fingerprint density at radius 3 is 1.07 bits per heavy atom. The number of aliphatic carboxylic acids is 2. The van der Waals surface area contributed by atoms with Gasteiger partial charge in [0.2, 0.25) is 59.1 Å². The van der Waals surface area contributed by atoms with Gasteiger partial charge >= 0.3 is 11.9 Å². The molecular formula is C60H77N11O18. The number of aliphatic hydroxyl groups is 2. The molecule has 0 spiro atoms. The van der Waals surface area contributed by atoms with Crippen LogP contribution < -0.4 is 59.3 Å². The highest BCUT2D eigenvalue weighted by molar-refractivity contribution is 6.00. The van der Waals surface area contributed by atoms with Crippen LogP contribution in [-0.2, 0) is 83.2 Å². The van der Waals surface area contributed by atoms with Crippen LogP contribution in [0.15, 0.2) is 109 Å². The number of carbonyl (C=O) groups is 12. The summed E-state index contributed by atoms with van der Waals surface area (Å²) in [6, 6.07) is 11.7. The standard InChI is InChI=1S/C60H77N11O18/c1-5-31(2)49(57(85)68-45(60(88)89)28-46(62)76)69-55(83)42(27-37-18-22-39(75)23-19-37)65-52(80)41(24-34-12-8-6-9-13-34)64-53(81)44(29-48(78)79)67-59(87)51(33(4)73)71-56(84)43(25-35-14-10-7-11-15-35)66-58(86)50(32(3)72)70-54(82)40(63-47(77)30-61)26-36-16-20-38(74)21-17-36/h6-23,31-33,40-45,49-51,72-75H,5,24-30,61H2,1-4H3,(H2,62,76)(H,63,77)(H,64,81)(H,65,80)(H,66,86)(H,67,87)(H,68,85)(H,69,83)(H,70,82)(H,71,84)(H,78,79)(H,88,89)/t31-,32+,33+,40-,41-,42-,43-,44-,45-,49-,50-,51-/m0/s1. The molecule has 4 aromatic rings. The van der Waals surface area contributed by atoms with Crippen molar-refractivity contribution in [3.63, 3.8) is 0 Å². The van der Waals surface area contributed by atoms with Crippen molar-refractivity contribution in [1.29, 1.82) is 0 Å². The van der Waals surface area contributed by atoms with Crippen LogP contribution in [0, 0.1) is 5.92 Å². The Kier molecular flexibility index (Phi) is 28.1. The molecule has 0 heterocycles. The van der Waals surface area contributed by atoms with Gasteiger partial charge in [0.1, 0.15) is 65.9 Å². The fraction of sp³-hybridized carbons (Fsp3) is 0.400. The fourth-order valence-electron chi connectivity index (χ4n) is 8.91. The monoisotopic (exact) mass is 1240 g/mol. The zero-order chi connectivity index (χ0) is 66.1. The largest absolute Gasteiger partial charge is 0.508 e. The van der Waals surface area contributed by atoms with Gasteiger partial charge in [-0.3, -0.25) is 52.7 Å². The van der Waals surface area contributed by atoms with Crippen molar-refractivity contribution in [3.05, 3.63) is 131 Å². The third kappa shape index (κ3) is 23.7. The first kappa shape index (κ1) is 71.5. The number of aromatic hydroxyl groups is 2. The molecule has 29 nitrogen and oxygen atoms in total. The first-order valence-corrected chi connectivity index (χ1v) is 28.2. The Hall–Kier alpha value is -10.00. The normalized spacial score (nSPS) is 15.0. The SMILES string of the molecule is CC[C@H](C)[C@H](NC(=O)[C@H](Cc1ccc(O)cc1)NC(=O)[C@H](Cc1ccccc1)NC(=O)[C@H](CC(=O)O)NC(=O)[C@@H](NC(=O)[C@H](Cc1ccccc1)NC(=O)[C@@H](NC(=O)[C@H](Cc1ccc(O)cc1)NC(=O)CN)[C@@H](C)O)[C@@H](C)O)C(=O)N[C@@H](CC(N)=O)C(=O)O. The summed E-state index contributed by atoms with van der Waals surface area (Å²) in [5.74, 6) is -14.9. The molecule has 0 aliphatic rings. The number of benzene rings is 4. The number of aliphatic hydroxyl groups excluding tert-OH is 2. The van der Waals surface area contributed by atoms with Crippen molar-refractivity contribution in [2.45, 2.75) is 139 Å². The minimum atomic E-state index is -2.07. The van der Waals surface area contributed by atoms with Crippen LogP contribution in [0.1, 0.15) is 69.2 Å². The molecule has 0 unspecified atom stereocenters. The molecule has 10 amide bonds. The van der Waals surface area contributed by atoms with E-state index in [9.17, 15) is 88.2 Å². The number of carboxylic acids is 2. The zero-order valence-corrected chi connectivity index (χ0v) is 49.2. The number of phenolic OH excluding ortho intramolecular Hbond substituents is 2. The average molecular weight is 1240 g/mol. The number of nitrogens with two attached hydrogens (primary N) is 2. The van der Waals surface area contributed by atoms with Gasteiger partial charge in [-0.2, -0.15) is 0 Å². The predicted molar refractivity (Wildman–Crippen MR) is 317 cm³/mol. The zero-order valence-electron chi connectivity index (χ0n) is 49.2. The van der Waals surface area contributed by atoms with Crippen molar-refractivity contribution in [3.8, 4) is 11.5 Å². The number of rotatable bonds is 35. The van der Waals surface area contributed by atoms with Gasteiger partial charge in [-0.15, -0.1) is 0 Å². The third-order valence-corrected chi connectivity index (χ3v) is 14.0. The topological polar surface area (TPSA) is 487 Å². The quantitative estimate of drug-likeness (QED) is 0.0217. The lowest BCUT2D eigenvalue weighted by atomic mass is 9.96. The number of amides is 10. The van der Waals surface area contributed by atoms with E-state index in [0.29, 0.717) is 22.3 Å². The van der Waals surface area contributed by atoms with E-state index < -0.39 is 163 Å². The van der Waals surface area contributed by atoms with Crippen LogP contribution >= 0.6 is 0 Å². The second-order valence-corrected chi connectivity index (χ2v) is 21.2. The molecule has 19 N–H and O–H groups in total. The van der Waals surface area contributed by atoms with E-state index in [1.54, 1.807) is 74.5 Å². The van der Waals surface area contributed by atoms with E-state index in [1.165, 1.54) is 48.5 Å². The Bertz CT molecular complexity index is 3100. The first-order chi connectivity index (χ1) is 42.1. The highest BCUT2D eigenvalue weighted by Crippen LogP contribution is 2.17. The van der Waals surface area contributed by atoms with Gasteiger partial charge < -0.3 is 90.0 Å². The number of hydrogen-bond acceptors (Lipinski definition) is 17. The number of phenols is 2. The Morgan fingerprint density at radius 1 is 0.404 bits per heavy atom. The molecule has 0 fully saturated rings. The predicted octanol–water partition coefficient (Wildman–Crippen LogP) is -3.07. The molecule has 89 heavy (non-hydrogen) atoms. The molecule has 0 saturated heterocycles. The summed E-state index contributed by atoms with van der Waals surface area (Å²) in [4.78, 5) is 162. The molecule has 29 heteroatoms. The van der Waals surface area contributed by atoms with Gasteiger partial charge in [-0.1, -0.05) is 105 Å². The van der Waals surface area contributed by atoms with Crippen LogP contribution in [-0.4, -0.2) is 175 Å². The number of primary amides is 1. The lowest BCUT2D eigenvalue weighted by Crippen LogP contribution is -2.63. The number of nitrogens with one attached hydrogen (secondary N) is 9. The fourth-order valence-corrected chi connectivity index (χ4v) is 8.91. The molecule has 4 rings (SSSR count). The molecule has 12 atom stereocenters. The van der Waals surface area contributed by atoms with E-state index in [1.807, 2.05) is 0 Å². The minimum absolute atomic E-state index is 0.0806. The van der Waals surface area contributed by atoms with Crippen molar-refractivity contribution in [2.24, 2.45) is 17.4 Å². The molecule has 0 aromatic heterocycles. The first-order valence-electron chi connectivity index (χ1n) is 28.2. The van der Waals surface area contributed by atoms with Gasteiger partial charge in [0.25, 0.3) is 0 Å². The summed E-state index contributed by atoms with van der Waals surface area (Å²) in [6.07, 6.45) is -6.29. The van der Waals surface area contributed by atoms with Crippen LogP contribution in [0.25, 0.3) is 0 Å². The molecule has 0 bridgehead atoms. The Labute approximate surface area is 511 Å². The summed E-state index contributed by atoms with van der Waals surface area (Å²) < 4.78 is 0. The lowest BCUT2D eigenvalue weighted by molar-refractivity contribution is -0.144. The maximum absolute atomic E-state index is 14.6. The van der Waals surface area contributed by atoms with E-state index in [0.717, 1.165) is 13.8 Å². The molecular weight excluding hydrogens is 1160 g/mol. The van der Waals surface area contributed by atoms with Crippen molar-refractivity contribution in [1.82, 2.24) is 47.9 Å². The van der Waals surface area contributed by atoms with E-state index >= 15 is 0 Å².